The van der Waals surface area contributed by atoms with Crippen LogP contribution in [-0.4, -0.2) is 21.7 Å². The number of rotatable bonds is 3. The molecule has 0 aliphatic heterocycles. The van der Waals surface area contributed by atoms with Crippen LogP contribution in [-0.2, 0) is 13.7 Å². The summed E-state index contributed by atoms with van der Waals surface area (Å²) in [6, 6.07) is 18.8. The molecule has 4 aromatic rings. The van der Waals surface area contributed by atoms with Gasteiger partial charge in [-0.05, 0) is 43.3 Å². The highest BCUT2D eigenvalue weighted by Gasteiger charge is 2.12. The normalized spacial score (nSPS) is 11.4. The molecule has 0 bridgehead atoms. The van der Waals surface area contributed by atoms with E-state index in [0.717, 1.165) is 44.6 Å². The van der Waals surface area contributed by atoms with Crippen LogP contribution in [0.5, 0.6) is 0 Å². The van der Waals surface area contributed by atoms with Crippen molar-refractivity contribution in [3.05, 3.63) is 66.0 Å². The zero-order chi connectivity index (χ0) is 17.6. The molecule has 0 saturated carbocycles. The van der Waals surface area contributed by atoms with E-state index in [2.05, 4.69) is 47.3 Å². The molecule has 4 heteroatoms. The summed E-state index contributed by atoms with van der Waals surface area (Å²) in [7, 11) is 4.06. The van der Waals surface area contributed by atoms with Crippen molar-refractivity contribution in [3.8, 4) is 0 Å². The molecule has 1 N–H and O–H groups in total. The largest absolute Gasteiger partial charge is 0.390 e. The van der Waals surface area contributed by atoms with Crippen molar-refractivity contribution >= 4 is 33.2 Å². The van der Waals surface area contributed by atoms with E-state index in [1.54, 1.807) is 0 Å². The predicted molar refractivity (Wildman–Crippen MR) is 103 cm³/mol. The van der Waals surface area contributed by atoms with Gasteiger partial charge in [0.1, 0.15) is 0 Å². The second kappa shape index (κ2) is 5.90. The Labute approximate surface area is 147 Å². The lowest BCUT2D eigenvalue weighted by Crippen LogP contribution is -2.10. The third-order valence-electron chi connectivity index (χ3n) is 4.86. The van der Waals surface area contributed by atoms with Gasteiger partial charge in [0.05, 0.1) is 17.8 Å². The SMILES string of the molecule is Cc1cc(N(C)c2ccc3c(c2)cc(CO)n3C)c2ccccc2n1. The van der Waals surface area contributed by atoms with Crippen molar-refractivity contribution in [2.24, 2.45) is 7.05 Å². The maximum absolute atomic E-state index is 9.49. The number of hydrogen-bond acceptors (Lipinski definition) is 3. The lowest BCUT2D eigenvalue weighted by Gasteiger charge is -2.22. The summed E-state index contributed by atoms with van der Waals surface area (Å²) in [6.07, 6.45) is 0. The van der Waals surface area contributed by atoms with Gasteiger partial charge in [0.15, 0.2) is 0 Å². The van der Waals surface area contributed by atoms with Crippen molar-refractivity contribution in [1.82, 2.24) is 9.55 Å². The lowest BCUT2D eigenvalue weighted by atomic mass is 10.1. The first kappa shape index (κ1) is 15.7. The fourth-order valence-electron chi connectivity index (χ4n) is 3.46. The van der Waals surface area contributed by atoms with Gasteiger partial charge in [0.2, 0.25) is 0 Å². The van der Waals surface area contributed by atoms with Crippen molar-refractivity contribution in [2.75, 3.05) is 11.9 Å². The third-order valence-corrected chi connectivity index (χ3v) is 4.86. The fraction of sp³-hybridized carbons (Fsp3) is 0.190. The molecule has 0 unspecified atom stereocenters. The van der Waals surface area contributed by atoms with E-state index < -0.39 is 0 Å². The average Bonchev–Trinajstić information content (AvgIpc) is 2.95. The van der Waals surface area contributed by atoms with E-state index >= 15 is 0 Å². The summed E-state index contributed by atoms with van der Waals surface area (Å²) in [6.45, 7) is 2.07. The summed E-state index contributed by atoms with van der Waals surface area (Å²) in [5.41, 5.74) is 6.30. The number of aliphatic hydroxyl groups is 1. The number of pyridine rings is 1. The van der Waals surface area contributed by atoms with E-state index in [1.807, 2.05) is 42.8 Å². The van der Waals surface area contributed by atoms with Gasteiger partial charge in [0, 0.05) is 47.5 Å². The molecule has 0 atom stereocenters. The number of hydrogen-bond donors (Lipinski definition) is 1. The molecule has 0 aliphatic rings. The average molecular weight is 331 g/mol. The first-order valence-corrected chi connectivity index (χ1v) is 8.38. The first-order valence-electron chi connectivity index (χ1n) is 8.38. The van der Waals surface area contributed by atoms with E-state index in [9.17, 15) is 5.11 Å². The van der Waals surface area contributed by atoms with Gasteiger partial charge in [-0.15, -0.1) is 0 Å². The number of nitrogens with zero attached hydrogens (tertiary/aromatic N) is 3. The quantitative estimate of drug-likeness (QED) is 0.609. The van der Waals surface area contributed by atoms with Gasteiger partial charge in [-0.2, -0.15) is 0 Å². The van der Waals surface area contributed by atoms with Crippen LogP contribution in [0.1, 0.15) is 11.4 Å². The monoisotopic (exact) mass is 331 g/mol. The van der Waals surface area contributed by atoms with Gasteiger partial charge in [-0.3, -0.25) is 4.98 Å². The Morgan fingerprint density at radius 1 is 1.08 bits per heavy atom. The minimum absolute atomic E-state index is 0.0462. The Morgan fingerprint density at radius 2 is 1.88 bits per heavy atom. The fourth-order valence-corrected chi connectivity index (χ4v) is 3.46. The number of fused-ring (bicyclic) bond motifs is 2. The molecule has 0 aliphatic carbocycles. The summed E-state index contributed by atoms with van der Waals surface area (Å²) >= 11 is 0. The molecular weight excluding hydrogens is 310 g/mol. The molecule has 0 saturated heterocycles. The van der Waals surface area contributed by atoms with Crippen molar-refractivity contribution in [2.45, 2.75) is 13.5 Å². The summed E-state index contributed by atoms with van der Waals surface area (Å²) in [5.74, 6) is 0. The lowest BCUT2D eigenvalue weighted by molar-refractivity contribution is 0.273. The smallest absolute Gasteiger partial charge is 0.0833 e. The molecule has 2 aromatic carbocycles. The topological polar surface area (TPSA) is 41.3 Å². The number of aliphatic hydroxyl groups excluding tert-OH is 1. The van der Waals surface area contributed by atoms with Gasteiger partial charge in [-0.1, -0.05) is 18.2 Å². The van der Waals surface area contributed by atoms with Gasteiger partial charge < -0.3 is 14.6 Å². The Kier molecular flexibility index (Phi) is 3.70. The number of aromatic nitrogens is 2. The zero-order valence-electron chi connectivity index (χ0n) is 14.7. The van der Waals surface area contributed by atoms with E-state index in [4.69, 9.17) is 0 Å². The van der Waals surface area contributed by atoms with Gasteiger partial charge in [-0.25, -0.2) is 0 Å². The van der Waals surface area contributed by atoms with Crippen molar-refractivity contribution in [1.29, 1.82) is 0 Å². The second-order valence-corrected chi connectivity index (χ2v) is 6.45. The Morgan fingerprint density at radius 3 is 2.68 bits per heavy atom. The molecular formula is C21H21N3O. The van der Waals surface area contributed by atoms with Gasteiger partial charge >= 0.3 is 0 Å². The maximum atomic E-state index is 9.49. The van der Waals surface area contributed by atoms with Crippen molar-refractivity contribution in [3.63, 3.8) is 0 Å². The summed E-state index contributed by atoms with van der Waals surface area (Å²) in [4.78, 5) is 6.83. The first-order chi connectivity index (χ1) is 12.1. The highest BCUT2D eigenvalue weighted by atomic mass is 16.3. The second-order valence-electron chi connectivity index (χ2n) is 6.45. The Hall–Kier alpha value is -2.85. The third kappa shape index (κ3) is 2.55. The molecule has 25 heavy (non-hydrogen) atoms. The number of aryl methyl sites for hydroxylation is 2. The van der Waals surface area contributed by atoms with E-state index in [1.165, 1.54) is 0 Å². The Balaban J connectivity index is 1.86. The molecule has 126 valence electrons. The van der Waals surface area contributed by atoms with Crippen LogP contribution in [0.3, 0.4) is 0 Å². The van der Waals surface area contributed by atoms with E-state index in [0.29, 0.717) is 0 Å². The van der Waals surface area contributed by atoms with Crippen LogP contribution >= 0.6 is 0 Å². The van der Waals surface area contributed by atoms with Crippen LogP contribution in [0.2, 0.25) is 0 Å². The number of para-hydroxylation sites is 1. The molecule has 2 aromatic heterocycles. The van der Waals surface area contributed by atoms with Crippen LogP contribution in [0.4, 0.5) is 11.4 Å². The standard InChI is InChI=1S/C21H21N3O/c1-14-10-21(18-6-4-5-7-19(18)22-14)23(2)16-8-9-20-15(11-16)12-17(13-25)24(20)3/h4-12,25H,13H2,1-3H3. The molecule has 0 amide bonds. The molecule has 4 rings (SSSR count). The molecule has 4 nitrogen and oxygen atoms in total. The van der Waals surface area contributed by atoms with Crippen LogP contribution in [0.15, 0.2) is 54.6 Å². The summed E-state index contributed by atoms with van der Waals surface area (Å²) < 4.78 is 2.03. The molecule has 0 fully saturated rings. The van der Waals surface area contributed by atoms with Crippen LogP contribution < -0.4 is 4.90 Å². The predicted octanol–water partition coefficient (Wildman–Crippen LogP) is 4.30. The maximum Gasteiger partial charge on any atom is 0.0833 e. The van der Waals surface area contributed by atoms with Crippen LogP contribution in [0.25, 0.3) is 21.8 Å². The highest BCUT2D eigenvalue weighted by molar-refractivity contribution is 5.95. The van der Waals surface area contributed by atoms with Gasteiger partial charge in [0.25, 0.3) is 0 Å². The van der Waals surface area contributed by atoms with Crippen LogP contribution in [0, 0.1) is 6.92 Å². The van der Waals surface area contributed by atoms with E-state index in [-0.39, 0.29) is 6.61 Å². The highest BCUT2D eigenvalue weighted by Crippen LogP contribution is 2.33. The number of anilines is 2. The Bertz CT molecular complexity index is 1080. The molecule has 0 radical (unpaired) electrons. The zero-order valence-corrected chi connectivity index (χ0v) is 14.7. The molecule has 2 heterocycles. The number of benzene rings is 2. The van der Waals surface area contributed by atoms with Crippen molar-refractivity contribution < 1.29 is 5.11 Å². The minimum atomic E-state index is 0.0462. The summed E-state index contributed by atoms with van der Waals surface area (Å²) in [5, 5.41) is 11.8. The molecule has 0 spiro atoms. The minimum Gasteiger partial charge on any atom is -0.390 e.